The second-order valence-electron chi connectivity index (χ2n) is 8.27. The Morgan fingerprint density at radius 2 is 1.79 bits per heavy atom. The number of carbonyl (C=O) groups is 3. The van der Waals surface area contributed by atoms with E-state index in [4.69, 9.17) is 11.6 Å². The van der Waals surface area contributed by atoms with E-state index in [1.807, 2.05) is 47.8 Å². The maximum atomic E-state index is 13.5. The summed E-state index contributed by atoms with van der Waals surface area (Å²) in [6.07, 6.45) is 1.06. The summed E-state index contributed by atoms with van der Waals surface area (Å²) in [5, 5.41) is 11.6. The fourth-order valence-corrected chi connectivity index (χ4v) is 5.88. The lowest BCUT2D eigenvalue weighted by Crippen LogP contribution is -2.41. The number of nitrogens with zero attached hydrogens (tertiary/aromatic N) is 1. The summed E-state index contributed by atoms with van der Waals surface area (Å²) in [6, 6.07) is 18.2. The van der Waals surface area contributed by atoms with Crippen LogP contribution in [0.5, 0.6) is 0 Å². The first-order valence-electron chi connectivity index (χ1n) is 10.6. The lowest BCUT2D eigenvalue weighted by atomic mass is 9.74. The molecule has 5 nitrogen and oxygen atoms in total. The zero-order valence-corrected chi connectivity index (χ0v) is 19.1. The molecule has 2 heterocycles. The molecule has 1 aromatic heterocycles. The van der Waals surface area contributed by atoms with E-state index in [1.54, 1.807) is 6.07 Å². The minimum atomic E-state index is -1.17. The molecule has 0 radical (unpaired) electrons. The highest BCUT2D eigenvalue weighted by molar-refractivity contribution is 7.10. The molecule has 5 rings (SSSR count). The number of rotatable bonds is 4. The Bertz CT molecular complexity index is 1280. The van der Waals surface area contributed by atoms with Gasteiger partial charge in [-0.2, -0.15) is 0 Å². The van der Waals surface area contributed by atoms with Crippen molar-refractivity contribution in [2.45, 2.75) is 31.1 Å². The molecule has 0 fully saturated rings. The SMILES string of the molecule is O=C1CC(c2ccccc2)CC2=C1C(c1cccs1)CC(=O)N2c1ccc(Cl)c(C(=O)O)c1. The number of hydrogen-bond donors (Lipinski definition) is 1. The number of ketones is 1. The van der Waals surface area contributed by atoms with E-state index in [0.29, 0.717) is 29.8 Å². The van der Waals surface area contributed by atoms with Crippen molar-refractivity contribution in [1.29, 1.82) is 0 Å². The average Bonchev–Trinajstić information content (AvgIpc) is 3.34. The molecule has 1 aliphatic heterocycles. The van der Waals surface area contributed by atoms with Gasteiger partial charge in [-0.3, -0.25) is 14.5 Å². The molecule has 2 aromatic carbocycles. The maximum absolute atomic E-state index is 13.5. The highest BCUT2D eigenvalue weighted by Crippen LogP contribution is 2.47. The molecule has 7 heteroatoms. The van der Waals surface area contributed by atoms with Crippen LogP contribution in [0.4, 0.5) is 5.69 Å². The summed E-state index contributed by atoms with van der Waals surface area (Å²) < 4.78 is 0. The first-order valence-corrected chi connectivity index (χ1v) is 11.9. The third kappa shape index (κ3) is 3.90. The molecule has 1 amide bonds. The molecular weight excluding hydrogens is 458 g/mol. The number of amides is 1. The number of anilines is 1. The highest BCUT2D eigenvalue weighted by Gasteiger charge is 2.42. The van der Waals surface area contributed by atoms with E-state index in [0.717, 1.165) is 10.4 Å². The van der Waals surface area contributed by atoms with Crippen LogP contribution in [-0.4, -0.2) is 22.8 Å². The third-order valence-corrected chi connectivity index (χ3v) is 7.64. The normalized spacial score (nSPS) is 20.7. The number of Topliss-reactive ketones (excluding diaryl/α,β-unsaturated/α-hetero) is 1. The van der Waals surface area contributed by atoms with E-state index < -0.39 is 5.97 Å². The van der Waals surface area contributed by atoms with Gasteiger partial charge in [0.2, 0.25) is 5.91 Å². The second kappa shape index (κ2) is 8.61. The topological polar surface area (TPSA) is 74.7 Å². The smallest absolute Gasteiger partial charge is 0.337 e. The standard InChI is InChI=1S/C26H20ClNO4S/c27-20-9-8-17(13-18(20)26(31)32)28-21-11-16(15-5-2-1-3-6-15)12-22(29)25(21)19(14-24(28)30)23-7-4-10-33-23/h1-10,13,16,19H,11-12,14H2,(H,31,32). The first kappa shape index (κ1) is 21.6. The van der Waals surface area contributed by atoms with Gasteiger partial charge in [0.05, 0.1) is 10.6 Å². The Morgan fingerprint density at radius 1 is 1.00 bits per heavy atom. The zero-order valence-electron chi connectivity index (χ0n) is 17.5. The Balaban J connectivity index is 1.66. The Morgan fingerprint density at radius 3 is 2.48 bits per heavy atom. The van der Waals surface area contributed by atoms with E-state index >= 15 is 0 Å². The van der Waals surface area contributed by atoms with E-state index in [2.05, 4.69) is 0 Å². The van der Waals surface area contributed by atoms with E-state index in [1.165, 1.54) is 28.4 Å². The van der Waals surface area contributed by atoms with Crippen LogP contribution >= 0.6 is 22.9 Å². The number of hydrogen-bond acceptors (Lipinski definition) is 4. The van der Waals surface area contributed by atoms with Gasteiger partial charge in [0.1, 0.15) is 0 Å². The number of aromatic carboxylic acids is 1. The van der Waals surface area contributed by atoms with Crippen LogP contribution in [0, 0.1) is 0 Å². The van der Waals surface area contributed by atoms with Crippen LogP contribution in [-0.2, 0) is 9.59 Å². The van der Waals surface area contributed by atoms with Gasteiger partial charge in [-0.15, -0.1) is 11.3 Å². The molecule has 2 atom stereocenters. The monoisotopic (exact) mass is 477 g/mol. The van der Waals surface area contributed by atoms with Gasteiger partial charge in [0.15, 0.2) is 5.78 Å². The molecule has 0 spiro atoms. The molecule has 2 aliphatic rings. The number of allylic oxidation sites excluding steroid dienone is 2. The lowest BCUT2D eigenvalue weighted by Gasteiger charge is -2.40. The number of carboxylic acids is 1. The molecule has 1 aliphatic carbocycles. The summed E-state index contributed by atoms with van der Waals surface area (Å²) in [4.78, 5) is 41.2. The molecule has 166 valence electrons. The van der Waals surface area contributed by atoms with Crippen LogP contribution in [0.2, 0.25) is 5.02 Å². The predicted molar refractivity (Wildman–Crippen MR) is 128 cm³/mol. The molecule has 3 aromatic rings. The highest BCUT2D eigenvalue weighted by atomic mass is 35.5. The van der Waals surface area contributed by atoms with Crippen LogP contribution in [0.1, 0.15) is 51.9 Å². The molecule has 0 saturated carbocycles. The van der Waals surface area contributed by atoms with Gasteiger partial charge < -0.3 is 5.11 Å². The van der Waals surface area contributed by atoms with Crippen LogP contribution < -0.4 is 4.90 Å². The number of carbonyl (C=O) groups excluding carboxylic acids is 2. The fourth-order valence-electron chi connectivity index (χ4n) is 4.85. The van der Waals surface area contributed by atoms with Crippen molar-refractivity contribution in [3.63, 3.8) is 0 Å². The molecule has 0 saturated heterocycles. The van der Waals surface area contributed by atoms with Gasteiger partial charge in [0, 0.05) is 40.6 Å². The average molecular weight is 478 g/mol. The number of benzene rings is 2. The molecule has 33 heavy (non-hydrogen) atoms. The quantitative estimate of drug-likeness (QED) is 0.498. The summed E-state index contributed by atoms with van der Waals surface area (Å²) in [5.74, 6) is -1.63. The Kier molecular flexibility index (Phi) is 5.64. The van der Waals surface area contributed by atoms with Gasteiger partial charge in [-0.25, -0.2) is 4.79 Å². The van der Waals surface area contributed by atoms with Crippen LogP contribution in [0.25, 0.3) is 0 Å². The van der Waals surface area contributed by atoms with Crippen molar-refractivity contribution in [2.75, 3.05) is 4.90 Å². The van der Waals surface area contributed by atoms with Crippen LogP contribution in [0.3, 0.4) is 0 Å². The van der Waals surface area contributed by atoms with Crippen molar-refractivity contribution in [3.05, 3.63) is 98.3 Å². The third-order valence-electron chi connectivity index (χ3n) is 6.33. The fraction of sp³-hybridized carbons (Fsp3) is 0.192. The minimum absolute atomic E-state index is 0.0356. The van der Waals surface area contributed by atoms with Crippen LogP contribution in [0.15, 0.2) is 77.3 Å². The molecular formula is C26H20ClNO4S. The van der Waals surface area contributed by atoms with Crippen molar-refractivity contribution >= 4 is 46.3 Å². The predicted octanol–water partition coefficient (Wildman–Crippen LogP) is 6.02. The molecule has 2 unspecified atom stereocenters. The number of thiophene rings is 1. The minimum Gasteiger partial charge on any atom is -0.478 e. The summed E-state index contributed by atoms with van der Waals surface area (Å²) in [5.41, 5.74) is 2.71. The van der Waals surface area contributed by atoms with Crippen molar-refractivity contribution in [2.24, 2.45) is 0 Å². The van der Waals surface area contributed by atoms with Crippen molar-refractivity contribution < 1.29 is 19.5 Å². The Labute approximate surface area is 199 Å². The Hall–Kier alpha value is -3.22. The van der Waals surface area contributed by atoms with Gasteiger partial charge in [-0.05, 0) is 47.5 Å². The zero-order chi connectivity index (χ0) is 23.1. The van der Waals surface area contributed by atoms with Gasteiger partial charge in [-0.1, -0.05) is 48.0 Å². The largest absolute Gasteiger partial charge is 0.478 e. The number of carboxylic acid groups (broad SMARTS) is 1. The first-order chi connectivity index (χ1) is 15.9. The summed E-state index contributed by atoms with van der Waals surface area (Å²) in [6.45, 7) is 0. The van der Waals surface area contributed by atoms with E-state index in [-0.39, 0.29) is 40.5 Å². The second-order valence-corrected chi connectivity index (χ2v) is 9.66. The summed E-state index contributed by atoms with van der Waals surface area (Å²) in [7, 11) is 0. The maximum Gasteiger partial charge on any atom is 0.337 e. The lowest BCUT2D eigenvalue weighted by molar-refractivity contribution is -0.120. The summed E-state index contributed by atoms with van der Waals surface area (Å²) >= 11 is 7.61. The van der Waals surface area contributed by atoms with Gasteiger partial charge >= 0.3 is 5.97 Å². The van der Waals surface area contributed by atoms with E-state index in [9.17, 15) is 19.5 Å². The number of halogens is 1. The molecule has 0 bridgehead atoms. The van der Waals surface area contributed by atoms with Crippen molar-refractivity contribution in [1.82, 2.24) is 0 Å². The molecule has 1 N–H and O–H groups in total. The van der Waals surface area contributed by atoms with Gasteiger partial charge in [0.25, 0.3) is 0 Å². The van der Waals surface area contributed by atoms with Crippen molar-refractivity contribution in [3.8, 4) is 0 Å².